The molecule has 2 aromatic carbocycles. The average molecular weight is 240 g/mol. The smallest absolute Gasteiger partial charge is 0.109 e. The number of halogens is 2. The van der Waals surface area contributed by atoms with Crippen LogP contribution in [-0.2, 0) is 0 Å². The summed E-state index contributed by atoms with van der Waals surface area (Å²) in [5, 5.41) is 2.21. The molecule has 0 heterocycles. The van der Waals surface area contributed by atoms with Crippen LogP contribution in [0.15, 0.2) is 36.4 Å². The highest BCUT2D eigenvalue weighted by Crippen LogP contribution is 2.25. The number of nitrogens with two attached hydrogens (primary N) is 1. The van der Waals surface area contributed by atoms with E-state index in [1.54, 1.807) is 0 Å². The number of benzene rings is 2. The molecule has 2 N–H and O–H groups in total. The third kappa shape index (κ3) is 2.18. The number of alkyl halides is 1. The van der Waals surface area contributed by atoms with E-state index in [-0.39, 0.29) is 12.4 Å². The molecule has 2 aromatic rings. The summed E-state index contributed by atoms with van der Waals surface area (Å²) in [6.07, 6.45) is 0. The van der Waals surface area contributed by atoms with Crippen LogP contribution >= 0.6 is 12.4 Å². The summed E-state index contributed by atoms with van der Waals surface area (Å²) in [6.45, 7) is 1.53. The van der Waals surface area contributed by atoms with Crippen LogP contribution in [0.2, 0.25) is 0 Å². The molecule has 1 nitrogen and oxygen atoms in total. The zero-order chi connectivity index (χ0) is 10.8. The summed E-state index contributed by atoms with van der Waals surface area (Å²) in [6, 6.07) is 11.4. The lowest BCUT2D eigenvalue weighted by Gasteiger charge is -2.12. The predicted molar refractivity (Wildman–Crippen MR) is 68.8 cm³/mol. The fourth-order valence-electron chi connectivity index (χ4n) is 1.88. The van der Waals surface area contributed by atoms with Crippen LogP contribution in [0.3, 0.4) is 0 Å². The van der Waals surface area contributed by atoms with Crippen LogP contribution in [0.4, 0.5) is 4.39 Å². The molecule has 2 rings (SSSR count). The second-order valence-corrected chi connectivity index (χ2v) is 3.78. The second kappa shape index (κ2) is 5.28. The van der Waals surface area contributed by atoms with Crippen molar-refractivity contribution in [3.63, 3.8) is 0 Å². The van der Waals surface area contributed by atoms with Gasteiger partial charge in [-0.1, -0.05) is 36.4 Å². The van der Waals surface area contributed by atoms with Gasteiger partial charge in [0.25, 0.3) is 0 Å². The van der Waals surface area contributed by atoms with Crippen LogP contribution in [0.5, 0.6) is 0 Å². The molecular weight excluding hydrogens is 225 g/mol. The standard InChI is InChI=1S/C13H14FN.ClH/c1-9-6-7-12(13(15)8-14)11-5-3-2-4-10(9)11;/h2-7,13H,8,15H2,1H3;1H/t13-;/m1./s1. The molecule has 0 fully saturated rings. The van der Waals surface area contributed by atoms with Crippen molar-refractivity contribution in [2.75, 3.05) is 6.67 Å². The Kier molecular flexibility index (Phi) is 4.27. The third-order valence-corrected chi connectivity index (χ3v) is 2.74. The lowest BCUT2D eigenvalue weighted by Crippen LogP contribution is -2.12. The molecule has 0 bridgehead atoms. The molecule has 1 atom stereocenters. The van der Waals surface area contributed by atoms with Crippen molar-refractivity contribution in [1.29, 1.82) is 0 Å². The first-order chi connectivity index (χ1) is 7.24. The van der Waals surface area contributed by atoms with Crippen LogP contribution in [0, 0.1) is 6.92 Å². The van der Waals surface area contributed by atoms with E-state index in [4.69, 9.17) is 5.73 Å². The van der Waals surface area contributed by atoms with Gasteiger partial charge in [-0.2, -0.15) is 0 Å². The Labute approximate surface area is 101 Å². The molecule has 3 heteroatoms. The lowest BCUT2D eigenvalue weighted by molar-refractivity contribution is 0.438. The van der Waals surface area contributed by atoms with Crippen molar-refractivity contribution in [1.82, 2.24) is 0 Å². The molecule has 0 aliphatic rings. The zero-order valence-electron chi connectivity index (χ0n) is 9.11. The minimum atomic E-state index is -0.521. The van der Waals surface area contributed by atoms with Gasteiger partial charge < -0.3 is 5.73 Å². The van der Waals surface area contributed by atoms with Crippen LogP contribution in [-0.4, -0.2) is 6.67 Å². The first-order valence-corrected chi connectivity index (χ1v) is 5.04. The molecule has 86 valence electrons. The maximum absolute atomic E-state index is 12.6. The summed E-state index contributed by atoms with van der Waals surface area (Å²) < 4.78 is 12.6. The van der Waals surface area contributed by atoms with Crippen LogP contribution in [0.25, 0.3) is 10.8 Å². The zero-order valence-corrected chi connectivity index (χ0v) is 9.93. The SMILES string of the molecule is Cc1ccc([C@H](N)CF)c2ccccc12.Cl. The average Bonchev–Trinajstić information content (AvgIpc) is 2.29. The van der Waals surface area contributed by atoms with E-state index in [0.717, 1.165) is 16.3 Å². The quantitative estimate of drug-likeness (QED) is 0.852. The molecule has 0 unspecified atom stereocenters. The predicted octanol–water partition coefficient (Wildman–Crippen LogP) is 3.54. The maximum atomic E-state index is 12.6. The summed E-state index contributed by atoms with van der Waals surface area (Å²) in [4.78, 5) is 0. The van der Waals surface area contributed by atoms with Crippen LogP contribution < -0.4 is 5.73 Å². The number of aryl methyl sites for hydroxylation is 1. The van der Waals surface area contributed by atoms with E-state index < -0.39 is 12.7 Å². The molecule has 0 amide bonds. The van der Waals surface area contributed by atoms with Gasteiger partial charge in [-0.25, -0.2) is 4.39 Å². The number of hydrogen-bond donors (Lipinski definition) is 1. The molecule has 0 aliphatic carbocycles. The monoisotopic (exact) mass is 239 g/mol. The van der Waals surface area contributed by atoms with Crippen molar-refractivity contribution >= 4 is 23.2 Å². The van der Waals surface area contributed by atoms with E-state index in [2.05, 4.69) is 0 Å². The highest BCUT2D eigenvalue weighted by atomic mass is 35.5. The molecule has 0 aliphatic heterocycles. The molecule has 0 spiro atoms. The van der Waals surface area contributed by atoms with Crippen molar-refractivity contribution in [3.05, 3.63) is 47.5 Å². The van der Waals surface area contributed by atoms with Gasteiger partial charge in [0.05, 0.1) is 6.04 Å². The number of fused-ring (bicyclic) bond motifs is 1. The molecule has 16 heavy (non-hydrogen) atoms. The highest BCUT2D eigenvalue weighted by molar-refractivity contribution is 5.88. The normalized spacial score (nSPS) is 12.2. The largest absolute Gasteiger partial charge is 0.322 e. The minimum absolute atomic E-state index is 0. The van der Waals surface area contributed by atoms with E-state index >= 15 is 0 Å². The summed E-state index contributed by atoms with van der Waals surface area (Å²) >= 11 is 0. The van der Waals surface area contributed by atoms with Gasteiger partial charge in [-0.3, -0.25) is 0 Å². The number of hydrogen-bond acceptors (Lipinski definition) is 1. The van der Waals surface area contributed by atoms with Gasteiger partial charge in [-0.05, 0) is 28.8 Å². The Balaban J connectivity index is 0.00000128. The van der Waals surface area contributed by atoms with Gasteiger partial charge in [0, 0.05) is 0 Å². The third-order valence-electron chi connectivity index (χ3n) is 2.74. The Morgan fingerprint density at radius 2 is 1.75 bits per heavy atom. The van der Waals surface area contributed by atoms with E-state index in [0.29, 0.717) is 0 Å². The van der Waals surface area contributed by atoms with Crippen molar-refractivity contribution in [2.24, 2.45) is 5.73 Å². The fraction of sp³-hybridized carbons (Fsp3) is 0.231. The Bertz CT molecular complexity index is 484. The number of rotatable bonds is 2. The minimum Gasteiger partial charge on any atom is -0.322 e. The Morgan fingerprint density at radius 1 is 1.12 bits per heavy atom. The summed E-state index contributed by atoms with van der Waals surface area (Å²) in [5.41, 5.74) is 7.82. The van der Waals surface area contributed by atoms with E-state index in [9.17, 15) is 4.39 Å². The second-order valence-electron chi connectivity index (χ2n) is 3.78. The molecule has 0 aromatic heterocycles. The topological polar surface area (TPSA) is 26.0 Å². The molecule has 0 radical (unpaired) electrons. The van der Waals surface area contributed by atoms with Gasteiger partial charge in [0.1, 0.15) is 6.67 Å². The van der Waals surface area contributed by atoms with Crippen molar-refractivity contribution in [3.8, 4) is 0 Å². The Morgan fingerprint density at radius 3 is 2.38 bits per heavy atom. The van der Waals surface area contributed by atoms with Crippen molar-refractivity contribution < 1.29 is 4.39 Å². The van der Waals surface area contributed by atoms with Gasteiger partial charge >= 0.3 is 0 Å². The van der Waals surface area contributed by atoms with E-state index in [1.807, 2.05) is 43.3 Å². The molecular formula is C13H15ClFN. The van der Waals surface area contributed by atoms with Gasteiger partial charge in [0.15, 0.2) is 0 Å². The first kappa shape index (κ1) is 12.9. The van der Waals surface area contributed by atoms with E-state index in [1.165, 1.54) is 5.56 Å². The summed E-state index contributed by atoms with van der Waals surface area (Å²) in [5.74, 6) is 0. The molecule has 0 saturated carbocycles. The summed E-state index contributed by atoms with van der Waals surface area (Å²) in [7, 11) is 0. The fourth-order valence-corrected chi connectivity index (χ4v) is 1.88. The Hall–Kier alpha value is -1.12. The lowest BCUT2D eigenvalue weighted by atomic mass is 9.97. The van der Waals surface area contributed by atoms with Gasteiger partial charge in [0.2, 0.25) is 0 Å². The van der Waals surface area contributed by atoms with Gasteiger partial charge in [-0.15, -0.1) is 12.4 Å². The highest BCUT2D eigenvalue weighted by Gasteiger charge is 2.09. The van der Waals surface area contributed by atoms with Crippen LogP contribution in [0.1, 0.15) is 17.2 Å². The molecule has 0 saturated heterocycles. The first-order valence-electron chi connectivity index (χ1n) is 5.04. The van der Waals surface area contributed by atoms with Crippen molar-refractivity contribution in [2.45, 2.75) is 13.0 Å². The maximum Gasteiger partial charge on any atom is 0.109 e.